The second kappa shape index (κ2) is 6.81. The van der Waals surface area contributed by atoms with E-state index in [0.29, 0.717) is 16.9 Å². The van der Waals surface area contributed by atoms with E-state index in [2.05, 4.69) is 15.4 Å². The van der Waals surface area contributed by atoms with Crippen molar-refractivity contribution in [2.75, 3.05) is 17.7 Å². The summed E-state index contributed by atoms with van der Waals surface area (Å²) >= 11 is 5.10. The summed E-state index contributed by atoms with van der Waals surface area (Å²) in [5.41, 5.74) is 1.41. The van der Waals surface area contributed by atoms with E-state index in [4.69, 9.17) is 12.2 Å². The molecule has 0 heterocycles. The van der Waals surface area contributed by atoms with Crippen molar-refractivity contribution in [3.63, 3.8) is 0 Å². The van der Waals surface area contributed by atoms with Crippen LogP contribution in [0.5, 0.6) is 0 Å². The first kappa shape index (κ1) is 14.9. The molecule has 0 radical (unpaired) electrons. The normalized spacial score (nSPS) is 9.81. The van der Waals surface area contributed by atoms with Crippen molar-refractivity contribution in [2.45, 2.75) is 0 Å². The minimum Gasteiger partial charge on any atom is -0.465 e. The van der Waals surface area contributed by atoms with E-state index in [-0.39, 0.29) is 10.9 Å². The van der Waals surface area contributed by atoms with Crippen LogP contribution >= 0.6 is 12.2 Å². The molecule has 6 heteroatoms. The van der Waals surface area contributed by atoms with E-state index in [1.54, 1.807) is 42.5 Å². The molecule has 0 saturated heterocycles. The molecule has 2 aromatic rings. The molecule has 4 nitrogen and oxygen atoms in total. The molecule has 0 amide bonds. The summed E-state index contributed by atoms with van der Waals surface area (Å²) in [5, 5.41) is 5.92. The van der Waals surface area contributed by atoms with E-state index >= 15 is 0 Å². The zero-order chi connectivity index (χ0) is 15.2. The Morgan fingerprint density at radius 3 is 2.38 bits per heavy atom. The van der Waals surface area contributed by atoms with Crippen LogP contribution in [0.4, 0.5) is 15.8 Å². The minimum atomic E-state index is -0.409. The third-order valence-corrected chi connectivity index (χ3v) is 2.89. The largest absolute Gasteiger partial charge is 0.465 e. The number of rotatable bonds is 3. The Morgan fingerprint density at radius 2 is 1.76 bits per heavy atom. The monoisotopic (exact) mass is 304 g/mol. The summed E-state index contributed by atoms with van der Waals surface area (Å²) in [6.07, 6.45) is 0. The van der Waals surface area contributed by atoms with Crippen molar-refractivity contribution in [1.82, 2.24) is 0 Å². The molecule has 0 aliphatic heterocycles. The summed E-state index contributed by atoms with van der Waals surface area (Å²) < 4.78 is 18.1. The van der Waals surface area contributed by atoms with Gasteiger partial charge in [0.2, 0.25) is 0 Å². The van der Waals surface area contributed by atoms with Gasteiger partial charge in [-0.25, -0.2) is 9.18 Å². The second-order valence-electron chi connectivity index (χ2n) is 4.13. The van der Waals surface area contributed by atoms with Gasteiger partial charge in [0, 0.05) is 5.69 Å². The van der Waals surface area contributed by atoms with Gasteiger partial charge in [0.15, 0.2) is 5.11 Å². The maximum Gasteiger partial charge on any atom is 0.337 e. The lowest BCUT2D eigenvalue weighted by Gasteiger charge is -2.11. The van der Waals surface area contributed by atoms with Crippen LogP contribution in [0.2, 0.25) is 0 Å². The number of carbonyl (C=O) groups excluding carboxylic acids is 1. The third kappa shape index (κ3) is 4.00. The number of methoxy groups -OCH3 is 1. The predicted molar refractivity (Wildman–Crippen MR) is 84.0 cm³/mol. The highest BCUT2D eigenvalue weighted by Crippen LogP contribution is 2.14. The van der Waals surface area contributed by atoms with Crippen molar-refractivity contribution < 1.29 is 13.9 Å². The van der Waals surface area contributed by atoms with E-state index < -0.39 is 5.97 Å². The number of ether oxygens (including phenoxy) is 1. The first-order valence-corrected chi connectivity index (χ1v) is 6.52. The Balaban J connectivity index is 2.00. The van der Waals surface area contributed by atoms with Crippen LogP contribution in [0, 0.1) is 5.82 Å². The molecule has 0 fully saturated rings. The Morgan fingerprint density at radius 1 is 1.10 bits per heavy atom. The highest BCUT2D eigenvalue weighted by Gasteiger charge is 2.06. The molecular weight excluding hydrogens is 291 g/mol. The number of benzene rings is 2. The summed E-state index contributed by atoms with van der Waals surface area (Å²) in [4.78, 5) is 11.3. The van der Waals surface area contributed by atoms with Crippen molar-refractivity contribution in [3.05, 3.63) is 59.9 Å². The van der Waals surface area contributed by atoms with Gasteiger partial charge in [-0.05, 0) is 48.6 Å². The van der Waals surface area contributed by atoms with Crippen LogP contribution in [-0.4, -0.2) is 18.2 Å². The second-order valence-corrected chi connectivity index (χ2v) is 4.54. The van der Waals surface area contributed by atoms with Crippen LogP contribution < -0.4 is 10.6 Å². The van der Waals surface area contributed by atoms with Gasteiger partial charge in [0.25, 0.3) is 0 Å². The number of thiocarbonyl (C=S) groups is 1. The topological polar surface area (TPSA) is 50.4 Å². The molecule has 0 saturated carbocycles. The molecule has 2 N–H and O–H groups in total. The first-order chi connectivity index (χ1) is 10.1. The quantitative estimate of drug-likeness (QED) is 0.672. The molecule has 0 spiro atoms. The summed E-state index contributed by atoms with van der Waals surface area (Å²) in [6.45, 7) is 0. The van der Waals surface area contributed by atoms with E-state index in [0.717, 1.165) is 0 Å². The highest BCUT2D eigenvalue weighted by atomic mass is 32.1. The predicted octanol–water partition coefficient (Wildman–Crippen LogP) is 3.42. The first-order valence-electron chi connectivity index (χ1n) is 6.11. The number of hydrogen-bond acceptors (Lipinski definition) is 3. The minimum absolute atomic E-state index is 0.255. The number of halogens is 1. The van der Waals surface area contributed by atoms with Crippen molar-refractivity contribution in [2.24, 2.45) is 0 Å². The van der Waals surface area contributed by atoms with E-state index in [1.165, 1.54) is 13.2 Å². The maximum absolute atomic E-state index is 13.5. The molecule has 2 aromatic carbocycles. The lowest BCUT2D eigenvalue weighted by atomic mass is 10.2. The fraction of sp³-hybridized carbons (Fsp3) is 0.0667. The fourth-order valence-corrected chi connectivity index (χ4v) is 1.88. The summed E-state index contributed by atoms with van der Waals surface area (Å²) in [7, 11) is 1.32. The number of esters is 1. The van der Waals surface area contributed by atoms with Crippen LogP contribution in [0.1, 0.15) is 10.4 Å². The molecular formula is C15H13FN2O2S. The average molecular weight is 304 g/mol. The van der Waals surface area contributed by atoms with Crippen molar-refractivity contribution in [3.8, 4) is 0 Å². The lowest BCUT2D eigenvalue weighted by Crippen LogP contribution is -2.19. The van der Waals surface area contributed by atoms with Crippen molar-refractivity contribution in [1.29, 1.82) is 0 Å². The van der Waals surface area contributed by atoms with Gasteiger partial charge in [0.05, 0.1) is 18.4 Å². The Hall–Kier alpha value is -2.47. The molecule has 108 valence electrons. The molecule has 0 aromatic heterocycles. The molecule has 0 aliphatic carbocycles. The Labute approximate surface area is 126 Å². The highest BCUT2D eigenvalue weighted by molar-refractivity contribution is 7.80. The van der Waals surface area contributed by atoms with Crippen LogP contribution in [0.3, 0.4) is 0 Å². The average Bonchev–Trinajstić information content (AvgIpc) is 2.49. The summed E-state index contributed by atoms with van der Waals surface area (Å²) in [6, 6.07) is 12.8. The molecule has 0 bridgehead atoms. The molecule has 0 unspecified atom stereocenters. The van der Waals surface area contributed by atoms with Gasteiger partial charge in [-0.2, -0.15) is 0 Å². The van der Waals surface area contributed by atoms with Gasteiger partial charge < -0.3 is 15.4 Å². The zero-order valence-corrected chi connectivity index (χ0v) is 12.0. The van der Waals surface area contributed by atoms with Gasteiger partial charge >= 0.3 is 5.97 Å². The van der Waals surface area contributed by atoms with Gasteiger partial charge in [-0.1, -0.05) is 12.1 Å². The lowest BCUT2D eigenvalue weighted by molar-refractivity contribution is 0.0601. The van der Waals surface area contributed by atoms with Crippen molar-refractivity contribution >= 4 is 34.7 Å². The zero-order valence-electron chi connectivity index (χ0n) is 11.2. The number of hydrogen-bond donors (Lipinski definition) is 2. The van der Waals surface area contributed by atoms with Crippen LogP contribution in [-0.2, 0) is 4.74 Å². The third-order valence-electron chi connectivity index (χ3n) is 2.69. The van der Waals surface area contributed by atoms with Crippen LogP contribution in [0.15, 0.2) is 48.5 Å². The Bertz CT molecular complexity index is 659. The van der Waals surface area contributed by atoms with Gasteiger partial charge in [0.1, 0.15) is 5.82 Å². The number of nitrogens with one attached hydrogen (secondary N) is 2. The molecule has 0 aliphatic rings. The number of para-hydroxylation sites is 1. The van der Waals surface area contributed by atoms with Gasteiger partial charge in [-0.15, -0.1) is 0 Å². The molecule has 2 rings (SSSR count). The number of anilines is 2. The molecule has 0 atom stereocenters. The number of carbonyl (C=O) groups is 1. The van der Waals surface area contributed by atoms with Gasteiger partial charge in [-0.3, -0.25) is 0 Å². The van der Waals surface area contributed by atoms with Crippen LogP contribution in [0.25, 0.3) is 0 Å². The van der Waals surface area contributed by atoms with E-state index in [9.17, 15) is 9.18 Å². The standard InChI is InChI=1S/C15H13FN2O2S/c1-20-14(19)10-6-8-11(9-7-10)17-15(21)18-13-5-3-2-4-12(13)16/h2-9H,1H3,(H2,17,18,21). The maximum atomic E-state index is 13.5. The summed E-state index contributed by atoms with van der Waals surface area (Å²) in [5.74, 6) is -0.795. The fourth-order valence-electron chi connectivity index (χ4n) is 1.65. The smallest absolute Gasteiger partial charge is 0.337 e. The SMILES string of the molecule is COC(=O)c1ccc(NC(=S)Nc2ccccc2F)cc1. The van der Waals surface area contributed by atoms with E-state index in [1.807, 2.05) is 0 Å². The molecule has 21 heavy (non-hydrogen) atoms. The Kier molecular flexibility index (Phi) is 4.84.